The van der Waals surface area contributed by atoms with Crippen molar-refractivity contribution < 1.29 is 22.7 Å². The summed E-state index contributed by atoms with van der Waals surface area (Å²) in [6.45, 7) is 6.05. The lowest BCUT2D eigenvalue weighted by Gasteiger charge is -2.26. The van der Waals surface area contributed by atoms with Gasteiger partial charge >= 0.3 is 6.18 Å². The van der Waals surface area contributed by atoms with Crippen molar-refractivity contribution in [1.29, 1.82) is 0 Å². The Morgan fingerprint density at radius 3 is 2.58 bits per heavy atom. The summed E-state index contributed by atoms with van der Waals surface area (Å²) in [5.41, 5.74) is 1.28. The van der Waals surface area contributed by atoms with E-state index in [0.29, 0.717) is 37.2 Å². The summed E-state index contributed by atoms with van der Waals surface area (Å²) in [5.74, 6) is -1.79. The minimum absolute atomic E-state index is 0.275. The number of aryl methyl sites for hydroxylation is 1. The first-order valence-electron chi connectivity index (χ1n) is 7.88. The maximum absolute atomic E-state index is 12.9. The normalized spacial score (nSPS) is 16.7. The number of rotatable bonds is 4. The van der Waals surface area contributed by atoms with E-state index in [1.807, 2.05) is 13.0 Å². The number of ether oxygens (including phenoxy) is 1. The van der Waals surface area contributed by atoms with Gasteiger partial charge in [0.25, 0.3) is 5.78 Å². The van der Waals surface area contributed by atoms with Crippen LogP contribution in [0.4, 0.5) is 13.2 Å². The van der Waals surface area contributed by atoms with Crippen LogP contribution in [0.3, 0.4) is 0 Å². The Bertz CT molecular complexity index is 746. The van der Waals surface area contributed by atoms with Gasteiger partial charge in [-0.15, -0.1) is 0 Å². The van der Waals surface area contributed by atoms with Gasteiger partial charge in [-0.05, 0) is 12.5 Å². The van der Waals surface area contributed by atoms with Crippen molar-refractivity contribution in [3.05, 3.63) is 35.5 Å². The third kappa shape index (κ3) is 3.32. The molecule has 2 aromatic rings. The molecule has 7 heteroatoms. The molecule has 0 radical (unpaired) electrons. The highest BCUT2D eigenvalue weighted by Gasteiger charge is 2.40. The predicted octanol–water partition coefficient (Wildman–Crippen LogP) is 3.03. The fourth-order valence-electron chi connectivity index (χ4n) is 3.13. The van der Waals surface area contributed by atoms with Crippen LogP contribution in [-0.2, 0) is 11.3 Å². The van der Waals surface area contributed by atoms with Gasteiger partial charge in [-0.25, -0.2) is 0 Å². The van der Waals surface area contributed by atoms with Crippen LogP contribution in [0, 0.1) is 6.92 Å². The lowest BCUT2D eigenvalue weighted by atomic mass is 10.1. The molecule has 0 spiro atoms. The van der Waals surface area contributed by atoms with Crippen molar-refractivity contribution in [2.75, 3.05) is 32.8 Å². The van der Waals surface area contributed by atoms with Gasteiger partial charge in [0.15, 0.2) is 0 Å². The minimum atomic E-state index is -4.87. The van der Waals surface area contributed by atoms with Crippen LogP contribution in [0.15, 0.2) is 24.4 Å². The van der Waals surface area contributed by atoms with Crippen molar-refractivity contribution in [3.8, 4) is 0 Å². The largest absolute Gasteiger partial charge is 0.454 e. The number of fused-ring (bicyclic) bond motifs is 1. The third-order valence-corrected chi connectivity index (χ3v) is 4.36. The Balaban J connectivity index is 1.93. The van der Waals surface area contributed by atoms with E-state index in [0.717, 1.165) is 18.7 Å². The third-order valence-electron chi connectivity index (χ3n) is 4.36. The second-order valence-corrected chi connectivity index (χ2v) is 5.99. The SMILES string of the molecule is Cc1cccc2c(C(=O)C(F)(F)F)cn(CCN3CCOCC3)c12. The van der Waals surface area contributed by atoms with Crippen molar-refractivity contribution in [2.45, 2.75) is 19.6 Å². The molecule has 1 fully saturated rings. The van der Waals surface area contributed by atoms with Gasteiger partial charge < -0.3 is 9.30 Å². The summed E-state index contributed by atoms with van der Waals surface area (Å²) in [5, 5.41) is 0.360. The molecule has 0 saturated carbocycles. The number of carbonyl (C=O) groups is 1. The number of aromatic nitrogens is 1. The molecule has 0 amide bonds. The molecule has 0 unspecified atom stereocenters. The average molecular weight is 340 g/mol. The van der Waals surface area contributed by atoms with E-state index in [2.05, 4.69) is 4.90 Å². The Morgan fingerprint density at radius 1 is 1.21 bits per heavy atom. The average Bonchev–Trinajstić information content (AvgIpc) is 2.92. The number of nitrogens with zero attached hydrogens (tertiary/aromatic N) is 2. The molecule has 1 saturated heterocycles. The number of carbonyl (C=O) groups excluding carboxylic acids is 1. The van der Waals surface area contributed by atoms with Gasteiger partial charge in [-0.2, -0.15) is 13.2 Å². The molecule has 1 aromatic heterocycles. The van der Waals surface area contributed by atoms with E-state index in [-0.39, 0.29) is 5.56 Å². The Labute approximate surface area is 137 Å². The summed E-state index contributed by atoms with van der Waals surface area (Å²) >= 11 is 0. The van der Waals surface area contributed by atoms with Crippen molar-refractivity contribution >= 4 is 16.7 Å². The number of para-hydroxylation sites is 1. The van der Waals surface area contributed by atoms with Gasteiger partial charge in [-0.3, -0.25) is 9.69 Å². The number of alkyl halides is 3. The summed E-state index contributed by atoms with van der Waals surface area (Å²) in [4.78, 5) is 14.0. The van der Waals surface area contributed by atoms with Crippen molar-refractivity contribution in [2.24, 2.45) is 0 Å². The number of halogens is 3. The molecule has 0 bridgehead atoms. The van der Waals surface area contributed by atoms with Gasteiger partial charge in [0, 0.05) is 37.8 Å². The van der Waals surface area contributed by atoms with E-state index in [1.165, 1.54) is 6.20 Å². The minimum Gasteiger partial charge on any atom is -0.379 e. The van der Waals surface area contributed by atoms with E-state index >= 15 is 0 Å². The standard InChI is InChI=1S/C17H19F3N2O2/c1-12-3-2-4-13-14(16(23)17(18,19)20)11-22(15(12)13)6-5-21-7-9-24-10-8-21/h2-4,11H,5-10H2,1H3. The van der Waals surface area contributed by atoms with Gasteiger partial charge in [-0.1, -0.05) is 18.2 Å². The molecular weight excluding hydrogens is 321 g/mol. The highest BCUT2D eigenvalue weighted by Crippen LogP contribution is 2.30. The van der Waals surface area contributed by atoms with Crippen LogP contribution in [0.5, 0.6) is 0 Å². The van der Waals surface area contributed by atoms with E-state index < -0.39 is 12.0 Å². The van der Waals surface area contributed by atoms with E-state index in [1.54, 1.807) is 16.7 Å². The summed E-state index contributed by atoms with van der Waals surface area (Å²) in [7, 11) is 0. The Kier molecular flexibility index (Phi) is 4.64. The van der Waals surface area contributed by atoms with Gasteiger partial charge in [0.05, 0.1) is 24.3 Å². The fraction of sp³-hybridized carbons (Fsp3) is 0.471. The highest BCUT2D eigenvalue weighted by molar-refractivity contribution is 6.11. The molecular formula is C17H19F3N2O2. The molecule has 1 aliphatic rings. The maximum atomic E-state index is 12.9. The Morgan fingerprint density at radius 2 is 1.92 bits per heavy atom. The zero-order chi connectivity index (χ0) is 17.3. The molecule has 1 aliphatic heterocycles. The topological polar surface area (TPSA) is 34.5 Å². The lowest BCUT2D eigenvalue weighted by Crippen LogP contribution is -2.38. The second kappa shape index (κ2) is 6.57. The quantitative estimate of drug-likeness (QED) is 0.803. The molecule has 0 atom stereocenters. The van der Waals surface area contributed by atoms with Crippen molar-refractivity contribution in [1.82, 2.24) is 9.47 Å². The molecule has 1 aromatic carbocycles. The number of benzene rings is 1. The monoisotopic (exact) mass is 340 g/mol. The van der Waals surface area contributed by atoms with Gasteiger partial charge in [0.2, 0.25) is 0 Å². The highest BCUT2D eigenvalue weighted by atomic mass is 19.4. The number of Topliss-reactive ketones (excluding diaryl/α,β-unsaturated/α-hetero) is 1. The van der Waals surface area contributed by atoms with Gasteiger partial charge in [0.1, 0.15) is 0 Å². The van der Waals surface area contributed by atoms with Crippen LogP contribution in [0.2, 0.25) is 0 Å². The van der Waals surface area contributed by atoms with Crippen LogP contribution in [0.25, 0.3) is 10.9 Å². The van der Waals surface area contributed by atoms with Crippen LogP contribution in [-0.4, -0.2) is 54.3 Å². The molecule has 0 aliphatic carbocycles. The summed E-state index contributed by atoms with van der Waals surface area (Å²) < 4.78 is 45.7. The zero-order valence-electron chi connectivity index (χ0n) is 13.4. The Hall–Kier alpha value is -1.86. The fourth-order valence-corrected chi connectivity index (χ4v) is 3.13. The van der Waals surface area contributed by atoms with Crippen LogP contribution >= 0.6 is 0 Å². The zero-order valence-corrected chi connectivity index (χ0v) is 13.4. The number of ketones is 1. The van der Waals surface area contributed by atoms with Crippen LogP contribution < -0.4 is 0 Å². The molecule has 4 nitrogen and oxygen atoms in total. The molecule has 3 rings (SSSR count). The number of morpholine rings is 1. The van der Waals surface area contributed by atoms with E-state index in [9.17, 15) is 18.0 Å². The molecule has 2 heterocycles. The molecule has 0 N–H and O–H groups in total. The lowest BCUT2D eigenvalue weighted by molar-refractivity contribution is -0.0884. The van der Waals surface area contributed by atoms with Crippen LogP contribution in [0.1, 0.15) is 15.9 Å². The predicted molar refractivity (Wildman–Crippen MR) is 84.3 cm³/mol. The summed E-state index contributed by atoms with van der Waals surface area (Å²) in [6.07, 6.45) is -3.53. The number of hydrogen-bond donors (Lipinski definition) is 0. The number of hydrogen-bond acceptors (Lipinski definition) is 3. The molecule has 24 heavy (non-hydrogen) atoms. The maximum Gasteiger partial charge on any atom is 0.454 e. The first-order valence-corrected chi connectivity index (χ1v) is 7.88. The van der Waals surface area contributed by atoms with E-state index in [4.69, 9.17) is 4.74 Å². The first-order chi connectivity index (χ1) is 11.4. The van der Waals surface area contributed by atoms with Crippen molar-refractivity contribution in [3.63, 3.8) is 0 Å². The first kappa shape index (κ1) is 17.0. The second-order valence-electron chi connectivity index (χ2n) is 5.99. The smallest absolute Gasteiger partial charge is 0.379 e. The molecule has 130 valence electrons. The summed E-state index contributed by atoms with van der Waals surface area (Å²) in [6, 6.07) is 5.10.